The van der Waals surface area contributed by atoms with Crippen molar-refractivity contribution >= 4 is 12.2 Å². The Morgan fingerprint density at radius 2 is 1.95 bits per heavy atom. The number of aromatic amines is 1. The Hall–Kier alpha value is -1.75. The van der Waals surface area contributed by atoms with E-state index in [1.165, 1.54) is 11.3 Å². The topological polar surface area (TPSA) is 39.2 Å². The van der Waals surface area contributed by atoms with Gasteiger partial charge in [0.05, 0.1) is 14.2 Å². The SMILES string of the molecule is CCc1c[nH]c(=S)n1CCc1ccc(OC)c(OC)c1. The number of nitrogens with one attached hydrogen (secondary N) is 1. The first-order chi connectivity index (χ1) is 9.69. The van der Waals surface area contributed by atoms with Crippen molar-refractivity contribution in [1.82, 2.24) is 9.55 Å². The van der Waals surface area contributed by atoms with Gasteiger partial charge in [-0.3, -0.25) is 0 Å². The number of imidazole rings is 1. The van der Waals surface area contributed by atoms with Crippen LogP contribution in [0.25, 0.3) is 0 Å². The van der Waals surface area contributed by atoms with Gasteiger partial charge in [0.1, 0.15) is 0 Å². The minimum Gasteiger partial charge on any atom is -0.493 e. The Balaban J connectivity index is 2.15. The maximum absolute atomic E-state index is 5.32. The smallest absolute Gasteiger partial charge is 0.177 e. The van der Waals surface area contributed by atoms with E-state index >= 15 is 0 Å². The summed E-state index contributed by atoms with van der Waals surface area (Å²) in [5, 5.41) is 0. The molecule has 0 aliphatic heterocycles. The summed E-state index contributed by atoms with van der Waals surface area (Å²) in [4.78, 5) is 3.10. The van der Waals surface area contributed by atoms with Crippen LogP contribution in [-0.4, -0.2) is 23.8 Å². The van der Waals surface area contributed by atoms with Gasteiger partial charge in [0.25, 0.3) is 0 Å². The van der Waals surface area contributed by atoms with Gasteiger partial charge in [-0.1, -0.05) is 13.0 Å². The zero-order chi connectivity index (χ0) is 14.5. The Labute approximate surface area is 124 Å². The molecule has 0 unspecified atom stereocenters. The molecule has 0 radical (unpaired) electrons. The predicted octanol–water partition coefficient (Wildman–Crippen LogP) is 3.37. The van der Waals surface area contributed by atoms with Crippen molar-refractivity contribution in [3.8, 4) is 11.5 Å². The third-order valence-corrected chi connectivity index (χ3v) is 3.73. The first kappa shape index (κ1) is 14.7. The van der Waals surface area contributed by atoms with E-state index in [2.05, 4.69) is 22.5 Å². The number of benzene rings is 1. The van der Waals surface area contributed by atoms with Crippen molar-refractivity contribution < 1.29 is 9.47 Å². The second-order valence-electron chi connectivity index (χ2n) is 4.53. The van der Waals surface area contributed by atoms with E-state index in [0.29, 0.717) is 0 Å². The Morgan fingerprint density at radius 1 is 1.20 bits per heavy atom. The molecule has 4 nitrogen and oxygen atoms in total. The molecule has 20 heavy (non-hydrogen) atoms. The van der Waals surface area contributed by atoms with Crippen LogP contribution in [0.1, 0.15) is 18.2 Å². The van der Waals surface area contributed by atoms with E-state index in [1.807, 2.05) is 18.3 Å². The van der Waals surface area contributed by atoms with Gasteiger partial charge in [0.15, 0.2) is 16.3 Å². The molecular weight excluding hydrogens is 272 g/mol. The number of rotatable bonds is 6. The minimum atomic E-state index is 0.753. The Morgan fingerprint density at radius 3 is 2.60 bits per heavy atom. The summed E-state index contributed by atoms with van der Waals surface area (Å²) in [6, 6.07) is 6.01. The molecule has 0 aliphatic rings. The second-order valence-corrected chi connectivity index (χ2v) is 4.92. The van der Waals surface area contributed by atoms with Crippen LogP contribution < -0.4 is 9.47 Å². The number of ether oxygens (including phenoxy) is 2. The van der Waals surface area contributed by atoms with Crippen LogP contribution in [0.15, 0.2) is 24.4 Å². The molecule has 2 aromatic rings. The quantitative estimate of drug-likeness (QED) is 0.830. The monoisotopic (exact) mass is 292 g/mol. The lowest BCUT2D eigenvalue weighted by molar-refractivity contribution is 0.354. The summed E-state index contributed by atoms with van der Waals surface area (Å²) < 4.78 is 13.5. The van der Waals surface area contributed by atoms with Crippen molar-refractivity contribution in [2.24, 2.45) is 0 Å². The van der Waals surface area contributed by atoms with Gasteiger partial charge in [0.2, 0.25) is 0 Å². The van der Waals surface area contributed by atoms with Crippen molar-refractivity contribution in [2.75, 3.05) is 14.2 Å². The largest absolute Gasteiger partial charge is 0.493 e. The molecule has 0 spiro atoms. The minimum absolute atomic E-state index is 0.753. The molecule has 2 rings (SSSR count). The van der Waals surface area contributed by atoms with E-state index in [9.17, 15) is 0 Å². The summed E-state index contributed by atoms with van der Waals surface area (Å²) in [7, 11) is 3.29. The van der Waals surface area contributed by atoms with Crippen LogP contribution >= 0.6 is 12.2 Å². The highest BCUT2D eigenvalue weighted by Gasteiger charge is 2.06. The van der Waals surface area contributed by atoms with Crippen LogP contribution in [0.2, 0.25) is 0 Å². The fourth-order valence-electron chi connectivity index (χ4n) is 2.25. The number of H-pyrrole nitrogens is 1. The summed E-state index contributed by atoms with van der Waals surface area (Å²) in [6.45, 7) is 2.99. The molecule has 1 aromatic heterocycles. The van der Waals surface area contributed by atoms with E-state index in [1.54, 1.807) is 14.2 Å². The van der Waals surface area contributed by atoms with Gasteiger partial charge in [-0.05, 0) is 42.8 Å². The molecule has 0 aliphatic carbocycles. The van der Waals surface area contributed by atoms with E-state index < -0.39 is 0 Å². The fourth-order valence-corrected chi connectivity index (χ4v) is 2.51. The van der Waals surface area contributed by atoms with Crippen LogP contribution in [-0.2, 0) is 19.4 Å². The molecule has 0 bridgehead atoms. The van der Waals surface area contributed by atoms with Gasteiger partial charge in [0, 0.05) is 18.4 Å². The molecule has 5 heteroatoms. The van der Waals surface area contributed by atoms with E-state index in [4.69, 9.17) is 21.7 Å². The predicted molar refractivity (Wildman–Crippen MR) is 82.2 cm³/mol. The Kier molecular flexibility index (Phi) is 4.84. The normalized spacial score (nSPS) is 10.6. The summed E-state index contributed by atoms with van der Waals surface area (Å²) in [5.74, 6) is 1.52. The number of aryl methyl sites for hydroxylation is 2. The van der Waals surface area contributed by atoms with Crippen molar-refractivity contribution in [3.63, 3.8) is 0 Å². The summed E-state index contributed by atoms with van der Waals surface area (Å²) >= 11 is 5.31. The van der Waals surface area contributed by atoms with Gasteiger partial charge < -0.3 is 19.0 Å². The fraction of sp³-hybridized carbons (Fsp3) is 0.400. The molecular formula is C15H20N2O2S. The highest BCUT2D eigenvalue weighted by atomic mass is 32.1. The number of methoxy groups -OCH3 is 2. The standard InChI is InChI=1S/C15H20N2O2S/c1-4-12-10-16-15(20)17(12)8-7-11-5-6-13(18-2)14(9-11)19-3/h5-6,9-10H,4,7-8H2,1-3H3,(H,16,20). The highest BCUT2D eigenvalue weighted by Crippen LogP contribution is 2.27. The maximum atomic E-state index is 5.32. The van der Waals surface area contributed by atoms with Gasteiger partial charge in [-0.25, -0.2) is 0 Å². The molecule has 1 heterocycles. The number of hydrogen-bond donors (Lipinski definition) is 1. The highest BCUT2D eigenvalue weighted by molar-refractivity contribution is 7.71. The van der Waals surface area contributed by atoms with Crippen LogP contribution in [0.4, 0.5) is 0 Å². The number of aromatic nitrogens is 2. The number of hydrogen-bond acceptors (Lipinski definition) is 3. The van der Waals surface area contributed by atoms with Gasteiger partial charge >= 0.3 is 0 Å². The molecule has 0 atom stereocenters. The molecule has 0 fully saturated rings. The van der Waals surface area contributed by atoms with Crippen LogP contribution in [0, 0.1) is 4.77 Å². The summed E-state index contributed by atoms with van der Waals surface area (Å²) in [6.07, 6.45) is 3.86. The maximum Gasteiger partial charge on any atom is 0.177 e. The number of nitrogens with zero attached hydrogens (tertiary/aromatic N) is 1. The summed E-state index contributed by atoms with van der Waals surface area (Å²) in [5.41, 5.74) is 2.43. The molecule has 1 N–H and O–H groups in total. The lowest BCUT2D eigenvalue weighted by Gasteiger charge is -2.11. The van der Waals surface area contributed by atoms with Crippen LogP contribution in [0.5, 0.6) is 11.5 Å². The lowest BCUT2D eigenvalue weighted by atomic mass is 10.1. The molecule has 0 saturated carbocycles. The zero-order valence-corrected chi connectivity index (χ0v) is 12.9. The van der Waals surface area contributed by atoms with Gasteiger partial charge in [-0.2, -0.15) is 0 Å². The third kappa shape index (κ3) is 3.04. The third-order valence-electron chi connectivity index (χ3n) is 3.39. The van der Waals surface area contributed by atoms with E-state index in [0.717, 1.165) is 35.7 Å². The van der Waals surface area contributed by atoms with E-state index in [-0.39, 0.29) is 0 Å². The lowest BCUT2D eigenvalue weighted by Crippen LogP contribution is -2.05. The zero-order valence-electron chi connectivity index (χ0n) is 12.1. The van der Waals surface area contributed by atoms with Crippen molar-refractivity contribution in [1.29, 1.82) is 0 Å². The Bertz CT molecular complexity index is 631. The average Bonchev–Trinajstić information content (AvgIpc) is 2.85. The van der Waals surface area contributed by atoms with Crippen molar-refractivity contribution in [2.45, 2.75) is 26.3 Å². The second kappa shape index (κ2) is 6.61. The molecule has 0 amide bonds. The molecule has 108 valence electrons. The first-order valence-electron chi connectivity index (χ1n) is 6.67. The van der Waals surface area contributed by atoms with Gasteiger partial charge in [-0.15, -0.1) is 0 Å². The average molecular weight is 292 g/mol. The molecule has 0 saturated heterocycles. The first-order valence-corrected chi connectivity index (χ1v) is 7.08. The molecule has 1 aromatic carbocycles. The van der Waals surface area contributed by atoms with Crippen LogP contribution in [0.3, 0.4) is 0 Å². The van der Waals surface area contributed by atoms with Crippen molar-refractivity contribution in [3.05, 3.63) is 40.4 Å².